The lowest BCUT2D eigenvalue weighted by Crippen LogP contribution is -2.45. The third-order valence-electron chi connectivity index (χ3n) is 6.16. The van der Waals surface area contributed by atoms with Gasteiger partial charge in [-0.2, -0.15) is 0 Å². The first-order chi connectivity index (χ1) is 16.5. The van der Waals surface area contributed by atoms with Crippen molar-refractivity contribution in [1.82, 2.24) is 5.32 Å². The lowest BCUT2D eigenvalue weighted by molar-refractivity contribution is -0.127. The quantitative estimate of drug-likeness (QED) is 0.495. The van der Waals surface area contributed by atoms with E-state index < -0.39 is 11.3 Å². The van der Waals surface area contributed by atoms with Crippen LogP contribution < -0.4 is 20.9 Å². The Kier molecular flexibility index (Phi) is 8.11. The molecule has 3 N–H and O–H groups in total. The number of nitrogens with one attached hydrogen (secondary N) is 3. The third-order valence-corrected chi connectivity index (χ3v) is 7.44. The number of hydrogen-bond donors (Lipinski definition) is 3. The van der Waals surface area contributed by atoms with Gasteiger partial charge in [0.1, 0.15) is 6.04 Å². The van der Waals surface area contributed by atoms with E-state index >= 15 is 0 Å². The minimum absolute atomic E-state index is 0.0190. The number of unbranched alkanes of at least 4 members (excludes halogenated alkanes) is 1. The van der Waals surface area contributed by atoms with E-state index in [1.165, 1.54) is 24.6 Å². The number of thioether (sulfide) groups is 1. The summed E-state index contributed by atoms with van der Waals surface area (Å²) in [6.45, 7) is 4.12. The molecule has 2 aromatic rings. The van der Waals surface area contributed by atoms with Gasteiger partial charge in [-0.25, -0.2) is 0 Å². The highest BCUT2D eigenvalue weighted by Gasteiger charge is 2.30. The molecule has 0 aromatic heterocycles. The molecule has 2 aliphatic rings. The van der Waals surface area contributed by atoms with Gasteiger partial charge in [0.25, 0.3) is 0 Å². The zero-order chi connectivity index (χ0) is 23.9. The van der Waals surface area contributed by atoms with Gasteiger partial charge in [0.2, 0.25) is 17.7 Å². The van der Waals surface area contributed by atoms with Crippen molar-refractivity contribution in [3.63, 3.8) is 0 Å². The minimum Gasteiger partial charge on any atom is -0.371 e. The van der Waals surface area contributed by atoms with Crippen LogP contribution in [-0.4, -0.2) is 42.1 Å². The van der Waals surface area contributed by atoms with Gasteiger partial charge in [-0.3, -0.25) is 14.4 Å². The van der Waals surface area contributed by atoms with Crippen molar-refractivity contribution in [3.8, 4) is 0 Å². The zero-order valence-corrected chi connectivity index (χ0v) is 20.3. The van der Waals surface area contributed by atoms with Crippen LogP contribution in [0.2, 0.25) is 0 Å². The molecule has 4 rings (SSSR count). The molecule has 2 heterocycles. The average Bonchev–Trinajstić information content (AvgIpc) is 3.37. The van der Waals surface area contributed by atoms with Crippen molar-refractivity contribution in [3.05, 3.63) is 48.5 Å². The van der Waals surface area contributed by atoms with Crippen LogP contribution in [0, 0.1) is 0 Å². The summed E-state index contributed by atoms with van der Waals surface area (Å²) >= 11 is 1.38. The summed E-state index contributed by atoms with van der Waals surface area (Å²) in [5.41, 5.74) is 2.60. The molecule has 7 nitrogen and oxygen atoms in total. The average molecular weight is 481 g/mol. The molecule has 0 saturated carbocycles. The fourth-order valence-corrected chi connectivity index (χ4v) is 5.42. The first-order valence-electron chi connectivity index (χ1n) is 12.1. The normalized spacial score (nSPS) is 18.1. The molecule has 8 heteroatoms. The highest BCUT2D eigenvalue weighted by molar-refractivity contribution is 8.01. The second-order valence-electron chi connectivity index (χ2n) is 8.79. The SMILES string of the molecule is CCCCC(NC(=O)CC1Sc2ccccc2NC1=O)C(=O)Nc1cccc(N2CCCC2)c1. The van der Waals surface area contributed by atoms with Crippen molar-refractivity contribution in [2.24, 2.45) is 0 Å². The maximum atomic E-state index is 13.1. The number of fused-ring (bicyclic) bond motifs is 1. The Labute approximate surface area is 205 Å². The number of benzene rings is 2. The standard InChI is InChI=1S/C26H32N4O3S/c1-2-3-11-21(25(32)27-18-9-8-10-19(16-18)30-14-6-7-15-30)28-24(31)17-23-26(33)29-20-12-4-5-13-22(20)34-23/h4-5,8-10,12-13,16,21,23H,2-3,6-7,11,14-15,17H2,1H3,(H,27,32)(H,28,31)(H,29,33). The predicted molar refractivity (Wildman–Crippen MR) is 137 cm³/mol. The molecule has 0 aliphatic carbocycles. The fourth-order valence-electron chi connectivity index (χ4n) is 4.31. The smallest absolute Gasteiger partial charge is 0.246 e. The van der Waals surface area contributed by atoms with Gasteiger partial charge in [0, 0.05) is 35.8 Å². The monoisotopic (exact) mass is 480 g/mol. The molecule has 2 atom stereocenters. The topological polar surface area (TPSA) is 90.5 Å². The molecule has 180 valence electrons. The van der Waals surface area contributed by atoms with Crippen LogP contribution in [0.4, 0.5) is 17.1 Å². The first-order valence-corrected chi connectivity index (χ1v) is 12.9. The number of hydrogen-bond acceptors (Lipinski definition) is 5. The van der Waals surface area contributed by atoms with Crippen LogP contribution in [0.1, 0.15) is 45.4 Å². The lowest BCUT2D eigenvalue weighted by Gasteiger charge is -2.25. The molecule has 3 amide bonds. The molecule has 0 spiro atoms. The number of carbonyl (C=O) groups is 3. The summed E-state index contributed by atoms with van der Waals surface area (Å²) in [5.74, 6) is -0.715. The van der Waals surface area contributed by atoms with Crippen LogP contribution in [0.15, 0.2) is 53.4 Å². The Bertz CT molecular complexity index is 1040. The molecule has 1 saturated heterocycles. The summed E-state index contributed by atoms with van der Waals surface area (Å²) < 4.78 is 0. The Hall–Kier alpha value is -3.00. The van der Waals surface area contributed by atoms with Gasteiger partial charge in [-0.05, 0) is 49.6 Å². The highest BCUT2D eigenvalue weighted by atomic mass is 32.2. The van der Waals surface area contributed by atoms with Crippen LogP contribution >= 0.6 is 11.8 Å². The number of para-hydroxylation sites is 1. The maximum Gasteiger partial charge on any atom is 0.246 e. The third kappa shape index (κ3) is 6.11. The summed E-state index contributed by atoms with van der Waals surface area (Å²) in [6.07, 6.45) is 4.67. The van der Waals surface area contributed by atoms with Crippen molar-refractivity contribution in [2.75, 3.05) is 28.6 Å². The van der Waals surface area contributed by atoms with E-state index in [2.05, 4.69) is 33.8 Å². The molecule has 0 bridgehead atoms. The second kappa shape index (κ2) is 11.4. The molecule has 2 unspecified atom stereocenters. The van der Waals surface area contributed by atoms with Gasteiger partial charge in [-0.1, -0.05) is 38.0 Å². The van der Waals surface area contributed by atoms with E-state index in [0.717, 1.165) is 47.9 Å². The van der Waals surface area contributed by atoms with Crippen LogP contribution in [-0.2, 0) is 14.4 Å². The Balaban J connectivity index is 1.37. The summed E-state index contributed by atoms with van der Waals surface area (Å²) in [4.78, 5) is 41.6. The molecule has 0 radical (unpaired) electrons. The summed E-state index contributed by atoms with van der Waals surface area (Å²) in [6, 6.07) is 14.8. The number of carbonyl (C=O) groups excluding carboxylic acids is 3. The maximum absolute atomic E-state index is 13.1. The Morgan fingerprint density at radius 3 is 2.74 bits per heavy atom. The molecular weight excluding hydrogens is 448 g/mol. The number of amides is 3. The fraction of sp³-hybridized carbons (Fsp3) is 0.423. The first kappa shape index (κ1) is 24.1. The van der Waals surface area contributed by atoms with Crippen molar-refractivity contribution < 1.29 is 14.4 Å². The van der Waals surface area contributed by atoms with Crippen molar-refractivity contribution >= 4 is 46.5 Å². The van der Waals surface area contributed by atoms with Crippen LogP contribution in [0.3, 0.4) is 0 Å². The number of rotatable bonds is 9. The summed E-state index contributed by atoms with van der Waals surface area (Å²) in [5, 5.41) is 8.20. The van der Waals surface area contributed by atoms with Gasteiger partial charge in [0.05, 0.1) is 10.9 Å². The van der Waals surface area contributed by atoms with E-state index in [4.69, 9.17) is 0 Å². The van der Waals surface area contributed by atoms with E-state index in [1.807, 2.05) is 42.5 Å². The number of nitrogens with zero attached hydrogens (tertiary/aromatic N) is 1. The minimum atomic E-state index is -0.646. The van der Waals surface area contributed by atoms with Gasteiger partial charge < -0.3 is 20.9 Å². The van der Waals surface area contributed by atoms with Gasteiger partial charge >= 0.3 is 0 Å². The lowest BCUT2D eigenvalue weighted by atomic mass is 10.1. The molecular formula is C26H32N4O3S. The van der Waals surface area contributed by atoms with E-state index in [1.54, 1.807) is 0 Å². The molecule has 2 aromatic carbocycles. The van der Waals surface area contributed by atoms with E-state index in [9.17, 15) is 14.4 Å². The zero-order valence-electron chi connectivity index (χ0n) is 19.5. The molecule has 1 fully saturated rings. The van der Waals surface area contributed by atoms with Crippen LogP contribution in [0.5, 0.6) is 0 Å². The summed E-state index contributed by atoms with van der Waals surface area (Å²) in [7, 11) is 0. The largest absolute Gasteiger partial charge is 0.371 e. The van der Waals surface area contributed by atoms with Crippen molar-refractivity contribution in [2.45, 2.75) is 61.6 Å². The van der Waals surface area contributed by atoms with Gasteiger partial charge in [0.15, 0.2) is 0 Å². The van der Waals surface area contributed by atoms with Crippen LogP contribution in [0.25, 0.3) is 0 Å². The van der Waals surface area contributed by atoms with E-state index in [-0.39, 0.29) is 24.1 Å². The highest BCUT2D eigenvalue weighted by Crippen LogP contribution is 2.36. The van der Waals surface area contributed by atoms with Gasteiger partial charge in [-0.15, -0.1) is 11.8 Å². The van der Waals surface area contributed by atoms with Crippen molar-refractivity contribution in [1.29, 1.82) is 0 Å². The molecule has 34 heavy (non-hydrogen) atoms. The number of anilines is 3. The predicted octanol–water partition coefficient (Wildman–Crippen LogP) is 4.40. The van der Waals surface area contributed by atoms with E-state index in [0.29, 0.717) is 6.42 Å². The molecule has 2 aliphatic heterocycles. The Morgan fingerprint density at radius 2 is 1.94 bits per heavy atom. The Morgan fingerprint density at radius 1 is 1.15 bits per heavy atom. The second-order valence-corrected chi connectivity index (χ2v) is 10.0.